The summed E-state index contributed by atoms with van der Waals surface area (Å²) in [4.78, 5) is 0. The van der Waals surface area contributed by atoms with E-state index in [1.165, 1.54) is 24.3 Å². The van der Waals surface area contributed by atoms with Gasteiger partial charge in [0.2, 0.25) is 0 Å². The van der Waals surface area contributed by atoms with Crippen LogP contribution < -0.4 is 0 Å². The second-order valence-corrected chi connectivity index (χ2v) is 8.79. The Bertz CT molecular complexity index is 1180. The van der Waals surface area contributed by atoms with Gasteiger partial charge in [0.15, 0.2) is 23.3 Å². The van der Waals surface area contributed by atoms with E-state index in [1.54, 1.807) is 24.3 Å². The van der Waals surface area contributed by atoms with Gasteiger partial charge in [0.05, 0.1) is 12.7 Å². The quantitative estimate of drug-likeness (QED) is 0.328. The summed E-state index contributed by atoms with van der Waals surface area (Å²) in [6, 6.07) is 12.4. The van der Waals surface area contributed by atoms with Gasteiger partial charge < -0.3 is 4.74 Å². The molecule has 0 saturated carbocycles. The van der Waals surface area contributed by atoms with Gasteiger partial charge in [-0.15, -0.1) is 0 Å². The molecule has 1 nitrogen and oxygen atoms in total. The fourth-order valence-electron chi connectivity index (χ4n) is 4.65. The molecule has 4 rings (SSSR count). The Kier molecular flexibility index (Phi) is 7.52. The summed E-state index contributed by atoms with van der Waals surface area (Å²) in [5, 5.41) is 0. The topological polar surface area (TPSA) is 9.23 Å². The Balaban J connectivity index is 1.62. The normalized spacial score (nSPS) is 18.5. The Morgan fingerprint density at radius 1 is 0.794 bits per heavy atom. The molecule has 0 aliphatic carbocycles. The lowest BCUT2D eigenvalue weighted by Crippen LogP contribution is -2.21. The van der Waals surface area contributed by atoms with Gasteiger partial charge in [0, 0.05) is 22.3 Å². The summed E-state index contributed by atoms with van der Waals surface area (Å²) in [6.45, 7) is 4.51. The molecule has 1 aliphatic rings. The standard InChI is InChI=1S/C29H28F4O/c1-3-5-18-7-10-20(11-8-18)21-12-13-22(27(31)26(21)30)23-14-15-24(29(33)28(23)32)25-16-9-19(6-4-2)17-34-25/h3,5,7-8,10-15,19,25H,4,6,9,16-17H2,1-2H3. The third kappa shape index (κ3) is 4.80. The van der Waals surface area contributed by atoms with Gasteiger partial charge in [-0.25, -0.2) is 17.6 Å². The van der Waals surface area contributed by atoms with Crippen LogP contribution in [0, 0.1) is 29.2 Å². The fraction of sp³-hybridized carbons (Fsp3) is 0.310. The zero-order chi connectivity index (χ0) is 24.2. The van der Waals surface area contributed by atoms with Gasteiger partial charge in [-0.2, -0.15) is 0 Å². The van der Waals surface area contributed by atoms with Crippen molar-refractivity contribution in [1.82, 2.24) is 0 Å². The second-order valence-electron chi connectivity index (χ2n) is 8.79. The van der Waals surface area contributed by atoms with E-state index in [9.17, 15) is 8.78 Å². The number of hydrogen-bond donors (Lipinski definition) is 0. The molecule has 0 aromatic heterocycles. The summed E-state index contributed by atoms with van der Waals surface area (Å²) < 4.78 is 65.8. The van der Waals surface area contributed by atoms with Crippen LogP contribution >= 0.6 is 0 Å². The van der Waals surface area contributed by atoms with E-state index >= 15 is 8.78 Å². The van der Waals surface area contributed by atoms with Crippen molar-refractivity contribution in [2.75, 3.05) is 6.61 Å². The first kappa shape index (κ1) is 24.2. The number of rotatable bonds is 6. The smallest absolute Gasteiger partial charge is 0.167 e. The summed E-state index contributed by atoms with van der Waals surface area (Å²) in [5.74, 6) is -4.14. The van der Waals surface area contributed by atoms with E-state index in [0.29, 0.717) is 24.5 Å². The Morgan fingerprint density at radius 2 is 1.41 bits per heavy atom. The summed E-state index contributed by atoms with van der Waals surface area (Å²) in [7, 11) is 0. The molecule has 0 bridgehead atoms. The SMILES string of the molecule is CC=Cc1ccc(-c2ccc(-c3ccc(C4CCC(CCC)CO4)c(F)c3F)c(F)c2F)cc1. The second kappa shape index (κ2) is 10.6. The first-order valence-corrected chi connectivity index (χ1v) is 11.8. The summed E-state index contributed by atoms with van der Waals surface area (Å²) >= 11 is 0. The molecule has 178 valence electrons. The maximum absolute atomic E-state index is 15.0. The van der Waals surface area contributed by atoms with Crippen LogP contribution in [0.5, 0.6) is 0 Å². The molecular weight excluding hydrogens is 440 g/mol. The van der Waals surface area contributed by atoms with Crippen molar-refractivity contribution >= 4 is 6.08 Å². The van der Waals surface area contributed by atoms with Crippen LogP contribution in [0.15, 0.2) is 54.6 Å². The lowest BCUT2D eigenvalue weighted by atomic mass is 9.90. The Labute approximate surface area is 198 Å². The van der Waals surface area contributed by atoms with E-state index in [1.807, 2.05) is 19.1 Å². The zero-order valence-electron chi connectivity index (χ0n) is 19.4. The highest BCUT2D eigenvalue weighted by molar-refractivity contribution is 5.73. The first-order chi connectivity index (χ1) is 16.4. The summed E-state index contributed by atoms with van der Waals surface area (Å²) in [6.07, 6.45) is 6.83. The van der Waals surface area contributed by atoms with E-state index in [-0.39, 0.29) is 22.3 Å². The van der Waals surface area contributed by atoms with Crippen LogP contribution in [0.25, 0.3) is 28.3 Å². The van der Waals surface area contributed by atoms with Gasteiger partial charge in [-0.05, 0) is 43.2 Å². The van der Waals surface area contributed by atoms with Crippen LogP contribution in [0.4, 0.5) is 17.6 Å². The third-order valence-electron chi connectivity index (χ3n) is 6.48. The van der Waals surface area contributed by atoms with E-state index in [0.717, 1.165) is 24.8 Å². The summed E-state index contributed by atoms with van der Waals surface area (Å²) in [5.41, 5.74) is 0.978. The van der Waals surface area contributed by atoms with E-state index < -0.39 is 29.4 Å². The van der Waals surface area contributed by atoms with Crippen LogP contribution in [0.1, 0.15) is 56.8 Å². The molecule has 3 aromatic carbocycles. The molecule has 1 saturated heterocycles. The number of halogens is 4. The van der Waals surface area contributed by atoms with Gasteiger partial charge in [-0.3, -0.25) is 0 Å². The largest absolute Gasteiger partial charge is 0.373 e. The van der Waals surface area contributed by atoms with Crippen molar-refractivity contribution in [2.45, 2.75) is 45.6 Å². The highest BCUT2D eigenvalue weighted by atomic mass is 19.2. The molecule has 3 aromatic rings. The van der Waals surface area contributed by atoms with Crippen LogP contribution in [0.2, 0.25) is 0 Å². The first-order valence-electron chi connectivity index (χ1n) is 11.8. The molecule has 0 spiro atoms. The average molecular weight is 469 g/mol. The van der Waals surface area contributed by atoms with Gasteiger partial charge in [0.1, 0.15) is 0 Å². The monoisotopic (exact) mass is 468 g/mol. The van der Waals surface area contributed by atoms with Gasteiger partial charge >= 0.3 is 0 Å². The molecule has 0 radical (unpaired) electrons. The van der Waals surface area contributed by atoms with Crippen LogP contribution in [0.3, 0.4) is 0 Å². The average Bonchev–Trinajstić information content (AvgIpc) is 2.85. The molecular formula is C29H28F4O. The van der Waals surface area contributed by atoms with Crippen molar-refractivity contribution in [2.24, 2.45) is 5.92 Å². The fourth-order valence-corrected chi connectivity index (χ4v) is 4.65. The lowest BCUT2D eigenvalue weighted by Gasteiger charge is -2.29. The lowest BCUT2D eigenvalue weighted by molar-refractivity contribution is -0.0214. The van der Waals surface area contributed by atoms with Crippen molar-refractivity contribution < 1.29 is 22.3 Å². The number of benzene rings is 3. The zero-order valence-corrected chi connectivity index (χ0v) is 19.4. The van der Waals surface area contributed by atoms with Gasteiger partial charge in [0.25, 0.3) is 0 Å². The minimum Gasteiger partial charge on any atom is -0.373 e. The van der Waals surface area contributed by atoms with E-state index in [4.69, 9.17) is 4.74 Å². The van der Waals surface area contributed by atoms with Gasteiger partial charge in [-0.1, -0.05) is 74.0 Å². The highest BCUT2D eigenvalue weighted by Crippen LogP contribution is 2.38. The number of ether oxygens (including phenoxy) is 1. The molecule has 1 fully saturated rings. The Hall–Kier alpha value is -2.92. The third-order valence-corrected chi connectivity index (χ3v) is 6.48. The number of hydrogen-bond acceptors (Lipinski definition) is 1. The molecule has 1 aliphatic heterocycles. The highest BCUT2D eigenvalue weighted by Gasteiger charge is 2.28. The molecule has 2 unspecified atom stereocenters. The minimum absolute atomic E-state index is 0.0583. The van der Waals surface area contributed by atoms with Crippen molar-refractivity contribution in [3.8, 4) is 22.3 Å². The molecule has 0 N–H and O–H groups in total. The van der Waals surface area contributed by atoms with Crippen molar-refractivity contribution in [3.63, 3.8) is 0 Å². The molecule has 2 atom stereocenters. The van der Waals surface area contributed by atoms with E-state index in [2.05, 4.69) is 6.92 Å². The predicted octanol–water partition coefficient (Wildman–Crippen LogP) is 8.88. The minimum atomic E-state index is -1.21. The van der Waals surface area contributed by atoms with Crippen molar-refractivity contribution in [1.29, 1.82) is 0 Å². The molecule has 34 heavy (non-hydrogen) atoms. The van der Waals surface area contributed by atoms with Crippen molar-refractivity contribution in [3.05, 3.63) is 89.0 Å². The molecule has 0 amide bonds. The van der Waals surface area contributed by atoms with Crippen LogP contribution in [-0.4, -0.2) is 6.61 Å². The number of allylic oxidation sites excluding steroid dienone is 1. The molecule has 5 heteroatoms. The van der Waals surface area contributed by atoms with Crippen LogP contribution in [-0.2, 0) is 4.74 Å². The molecule has 1 heterocycles. The predicted molar refractivity (Wildman–Crippen MR) is 128 cm³/mol. The Morgan fingerprint density at radius 3 is 2.03 bits per heavy atom. The maximum Gasteiger partial charge on any atom is 0.167 e. The maximum atomic E-state index is 15.0.